The fourth-order valence-corrected chi connectivity index (χ4v) is 0.330. The zero-order chi connectivity index (χ0) is 7.28. The molecule has 0 amide bonds. The van der Waals surface area contributed by atoms with Crippen LogP contribution in [0, 0.1) is 0 Å². The van der Waals surface area contributed by atoms with Crippen molar-refractivity contribution in [3.8, 4) is 0 Å². The quantitative estimate of drug-likeness (QED) is 0.469. The van der Waals surface area contributed by atoms with Crippen LogP contribution in [0.15, 0.2) is 12.0 Å². The van der Waals surface area contributed by atoms with Crippen LogP contribution >= 0.6 is 12.4 Å². The fraction of sp³-hybridized carbons (Fsp3) is 0.400. The van der Waals surface area contributed by atoms with Crippen LogP contribution in [0.2, 0.25) is 0 Å². The molecule has 0 rings (SSSR count). The maximum absolute atomic E-state index is 9.85. The molecule has 3 N–H and O–H groups in total. The van der Waals surface area contributed by atoms with Gasteiger partial charge in [0.05, 0.1) is 12.7 Å². The molecule has 10 heavy (non-hydrogen) atoms. The van der Waals surface area contributed by atoms with Crippen molar-refractivity contribution in [3.63, 3.8) is 0 Å². The van der Waals surface area contributed by atoms with Crippen molar-refractivity contribution in [2.45, 2.75) is 6.92 Å². The van der Waals surface area contributed by atoms with Crippen molar-refractivity contribution in [2.24, 2.45) is 5.73 Å². The first-order chi connectivity index (χ1) is 4.16. The van der Waals surface area contributed by atoms with E-state index in [0.29, 0.717) is 6.61 Å². The summed E-state index contributed by atoms with van der Waals surface area (Å²) in [5, 5.41) is 8.07. The number of hydrogen-bond acceptors (Lipinski definition) is 3. The fourth-order valence-electron chi connectivity index (χ4n) is 0.330. The van der Waals surface area contributed by atoms with Crippen LogP contribution in [0.25, 0.3) is 0 Å². The summed E-state index contributed by atoms with van der Waals surface area (Å²) in [6.45, 7) is 2.11. The van der Waals surface area contributed by atoms with Gasteiger partial charge in [-0.15, -0.1) is 12.4 Å². The summed E-state index contributed by atoms with van der Waals surface area (Å²) in [4.78, 5) is 9.85. The standard InChI is InChI=1S/C5H9NO3.ClH/c1-2-9-4(6)3-5(7)8;/h3H,2,6H2,1H3,(H,7,8);1H/b4-3+;. The first-order valence-corrected chi connectivity index (χ1v) is 2.49. The van der Waals surface area contributed by atoms with Crippen molar-refractivity contribution < 1.29 is 14.6 Å². The van der Waals surface area contributed by atoms with Gasteiger partial charge < -0.3 is 15.6 Å². The second kappa shape index (κ2) is 6.22. The summed E-state index contributed by atoms with van der Waals surface area (Å²) in [5.74, 6) is -1.16. The summed E-state index contributed by atoms with van der Waals surface area (Å²) < 4.78 is 4.61. The topological polar surface area (TPSA) is 72.5 Å². The average Bonchev–Trinajstić information content (AvgIpc) is 1.63. The lowest BCUT2D eigenvalue weighted by Crippen LogP contribution is -2.05. The highest BCUT2D eigenvalue weighted by molar-refractivity contribution is 5.85. The van der Waals surface area contributed by atoms with Gasteiger partial charge in [0.2, 0.25) is 0 Å². The monoisotopic (exact) mass is 167 g/mol. The van der Waals surface area contributed by atoms with Gasteiger partial charge in [0, 0.05) is 0 Å². The Morgan fingerprint density at radius 3 is 2.60 bits per heavy atom. The van der Waals surface area contributed by atoms with Crippen LogP contribution in [0.4, 0.5) is 0 Å². The molecule has 0 aromatic carbocycles. The minimum atomic E-state index is -1.10. The van der Waals surface area contributed by atoms with Gasteiger partial charge in [-0.25, -0.2) is 4.79 Å². The third kappa shape index (κ3) is 7.10. The van der Waals surface area contributed by atoms with Crippen molar-refractivity contribution in [2.75, 3.05) is 6.61 Å². The summed E-state index contributed by atoms with van der Waals surface area (Å²) >= 11 is 0. The lowest BCUT2D eigenvalue weighted by Gasteiger charge is -1.98. The Morgan fingerprint density at radius 2 is 2.30 bits per heavy atom. The number of carboxylic acid groups (broad SMARTS) is 1. The van der Waals surface area contributed by atoms with Gasteiger partial charge in [0.15, 0.2) is 5.88 Å². The molecule has 0 radical (unpaired) electrons. The molecule has 0 aromatic rings. The van der Waals surface area contributed by atoms with E-state index in [2.05, 4.69) is 4.74 Å². The number of nitrogens with two attached hydrogens (primary N) is 1. The third-order valence-electron chi connectivity index (χ3n) is 0.577. The Morgan fingerprint density at radius 1 is 1.80 bits per heavy atom. The van der Waals surface area contributed by atoms with Crippen LogP contribution in [-0.4, -0.2) is 17.7 Å². The van der Waals surface area contributed by atoms with E-state index in [9.17, 15) is 4.79 Å². The smallest absolute Gasteiger partial charge is 0.333 e. The van der Waals surface area contributed by atoms with Gasteiger partial charge in [0.25, 0.3) is 0 Å². The number of carboxylic acids is 1. The molecule has 0 aliphatic heterocycles. The first kappa shape index (κ1) is 11.8. The van der Waals surface area contributed by atoms with Crippen molar-refractivity contribution in [1.82, 2.24) is 0 Å². The highest BCUT2D eigenvalue weighted by atomic mass is 35.5. The van der Waals surface area contributed by atoms with Gasteiger partial charge in [-0.2, -0.15) is 0 Å². The molecule has 0 spiro atoms. The van der Waals surface area contributed by atoms with Crippen molar-refractivity contribution in [3.05, 3.63) is 12.0 Å². The average molecular weight is 168 g/mol. The maximum Gasteiger partial charge on any atom is 0.333 e. The summed E-state index contributed by atoms with van der Waals surface area (Å²) in [7, 11) is 0. The maximum atomic E-state index is 9.85. The van der Waals surface area contributed by atoms with Crippen LogP contribution < -0.4 is 5.73 Å². The minimum absolute atomic E-state index is 0. The van der Waals surface area contributed by atoms with E-state index < -0.39 is 5.97 Å². The van der Waals surface area contributed by atoms with E-state index in [1.165, 1.54) is 0 Å². The molecular weight excluding hydrogens is 158 g/mol. The van der Waals surface area contributed by atoms with Crippen molar-refractivity contribution in [1.29, 1.82) is 0 Å². The van der Waals surface area contributed by atoms with E-state index in [1.807, 2.05) is 0 Å². The van der Waals surface area contributed by atoms with Crippen molar-refractivity contribution >= 4 is 18.4 Å². The van der Waals surface area contributed by atoms with Gasteiger partial charge in [-0.05, 0) is 6.92 Å². The molecular formula is C5H10ClNO3. The first-order valence-electron chi connectivity index (χ1n) is 2.49. The molecule has 0 aromatic heterocycles. The molecule has 0 aliphatic rings. The summed E-state index contributed by atoms with van der Waals surface area (Å²) in [6.07, 6.45) is 0.809. The SMILES string of the molecule is CCO/C(N)=C/C(=O)O.Cl. The van der Waals surface area contributed by atoms with Crippen LogP contribution in [0.1, 0.15) is 6.92 Å². The number of rotatable bonds is 3. The molecule has 0 fully saturated rings. The molecule has 5 heteroatoms. The van der Waals surface area contributed by atoms with Crippen LogP contribution in [-0.2, 0) is 9.53 Å². The second-order valence-electron chi connectivity index (χ2n) is 1.32. The van der Waals surface area contributed by atoms with Gasteiger partial charge >= 0.3 is 5.97 Å². The van der Waals surface area contributed by atoms with E-state index in [4.69, 9.17) is 10.8 Å². The van der Waals surface area contributed by atoms with E-state index >= 15 is 0 Å². The molecule has 0 aliphatic carbocycles. The van der Waals surface area contributed by atoms with E-state index in [-0.39, 0.29) is 18.3 Å². The zero-order valence-electron chi connectivity index (χ0n) is 5.53. The largest absolute Gasteiger partial charge is 0.479 e. The predicted octanol–water partition coefficient (Wildman–Crippen LogP) is 0.329. The number of carbonyl (C=O) groups is 1. The number of hydrogen-bond donors (Lipinski definition) is 2. The van der Waals surface area contributed by atoms with Gasteiger partial charge in [-0.3, -0.25) is 0 Å². The molecule has 4 nitrogen and oxygen atoms in total. The van der Waals surface area contributed by atoms with Gasteiger partial charge in [-0.1, -0.05) is 0 Å². The van der Waals surface area contributed by atoms with E-state index in [0.717, 1.165) is 6.08 Å². The lowest BCUT2D eigenvalue weighted by atomic mass is 10.6. The Kier molecular flexibility index (Phi) is 7.37. The Balaban J connectivity index is 0. The van der Waals surface area contributed by atoms with E-state index in [1.54, 1.807) is 6.92 Å². The Bertz CT molecular complexity index is 135. The molecule has 0 atom stereocenters. The highest BCUT2D eigenvalue weighted by Crippen LogP contribution is 1.84. The van der Waals surface area contributed by atoms with Crippen LogP contribution in [0.5, 0.6) is 0 Å². The minimum Gasteiger partial charge on any atom is -0.479 e. The van der Waals surface area contributed by atoms with Gasteiger partial charge in [0.1, 0.15) is 0 Å². The Hall–Kier alpha value is -0.900. The lowest BCUT2D eigenvalue weighted by molar-refractivity contribution is -0.131. The predicted molar refractivity (Wildman–Crippen MR) is 38.8 cm³/mol. The number of ether oxygens (including phenoxy) is 1. The normalized spacial score (nSPS) is 9.90. The molecule has 0 bridgehead atoms. The molecule has 0 saturated carbocycles. The number of halogens is 1. The molecule has 0 heterocycles. The Labute approximate surface area is 65.1 Å². The molecule has 0 unspecified atom stereocenters. The third-order valence-corrected chi connectivity index (χ3v) is 0.577. The summed E-state index contributed by atoms with van der Waals surface area (Å²) in [6, 6.07) is 0. The van der Waals surface area contributed by atoms with Crippen LogP contribution in [0.3, 0.4) is 0 Å². The summed E-state index contributed by atoms with van der Waals surface area (Å²) in [5.41, 5.74) is 5.04. The second-order valence-corrected chi connectivity index (χ2v) is 1.32. The number of aliphatic carboxylic acids is 1. The molecule has 0 saturated heterocycles. The zero-order valence-corrected chi connectivity index (χ0v) is 6.35. The highest BCUT2D eigenvalue weighted by Gasteiger charge is 1.92. The molecule has 60 valence electrons.